The quantitative estimate of drug-likeness (QED) is 0.755. The van der Waals surface area contributed by atoms with Crippen LogP contribution < -0.4 is 0 Å². The fourth-order valence-electron chi connectivity index (χ4n) is 2.18. The van der Waals surface area contributed by atoms with Gasteiger partial charge in [-0.15, -0.1) is 11.6 Å². The van der Waals surface area contributed by atoms with Gasteiger partial charge in [-0.25, -0.2) is 8.42 Å². The molecule has 0 heterocycles. The van der Waals surface area contributed by atoms with Crippen LogP contribution in [0.15, 0.2) is 23.1 Å². The molecule has 19 heavy (non-hydrogen) atoms. The number of rotatable bonds is 6. The maximum atomic E-state index is 12.6. The van der Waals surface area contributed by atoms with Crippen molar-refractivity contribution in [3.8, 4) is 0 Å². The third-order valence-electron chi connectivity index (χ3n) is 3.20. The van der Waals surface area contributed by atoms with Gasteiger partial charge in [-0.1, -0.05) is 19.9 Å². The summed E-state index contributed by atoms with van der Waals surface area (Å²) >= 11 is 5.90. The molecule has 1 aromatic carbocycles. The van der Waals surface area contributed by atoms with Gasteiger partial charge in [-0.2, -0.15) is 4.31 Å². The van der Waals surface area contributed by atoms with Gasteiger partial charge in [0.05, 0.1) is 4.90 Å². The standard InChI is InChI=1S/C14H22ClNO2S/c1-5-12-7-8-14(9-13(12)10-15)19(17,18)16(6-2)11(3)4/h7-9,11H,5-6,10H2,1-4H3. The van der Waals surface area contributed by atoms with Crippen LogP contribution in [0.2, 0.25) is 0 Å². The highest BCUT2D eigenvalue weighted by Crippen LogP contribution is 2.22. The van der Waals surface area contributed by atoms with Gasteiger partial charge in [0.2, 0.25) is 10.0 Å². The number of hydrogen-bond acceptors (Lipinski definition) is 2. The fourth-order valence-corrected chi connectivity index (χ4v) is 4.13. The zero-order valence-corrected chi connectivity index (χ0v) is 13.6. The Labute approximate surface area is 121 Å². The molecule has 0 amide bonds. The lowest BCUT2D eigenvalue weighted by Gasteiger charge is -2.24. The van der Waals surface area contributed by atoms with E-state index in [0.29, 0.717) is 17.3 Å². The summed E-state index contributed by atoms with van der Waals surface area (Å²) in [5.41, 5.74) is 1.99. The van der Waals surface area contributed by atoms with Crippen LogP contribution in [0.3, 0.4) is 0 Å². The largest absolute Gasteiger partial charge is 0.243 e. The number of hydrogen-bond donors (Lipinski definition) is 0. The molecule has 0 aliphatic rings. The third kappa shape index (κ3) is 3.50. The first kappa shape index (κ1) is 16.5. The van der Waals surface area contributed by atoms with E-state index in [1.807, 2.05) is 33.8 Å². The van der Waals surface area contributed by atoms with E-state index in [9.17, 15) is 8.42 Å². The third-order valence-corrected chi connectivity index (χ3v) is 5.63. The van der Waals surface area contributed by atoms with Crippen LogP contribution in [0.5, 0.6) is 0 Å². The molecule has 0 bridgehead atoms. The molecule has 0 saturated heterocycles. The van der Waals surface area contributed by atoms with Crippen molar-refractivity contribution >= 4 is 21.6 Å². The second kappa shape index (κ2) is 6.73. The Kier molecular flexibility index (Phi) is 5.83. The molecule has 3 nitrogen and oxygen atoms in total. The first-order chi connectivity index (χ1) is 8.88. The van der Waals surface area contributed by atoms with Crippen LogP contribution in [0, 0.1) is 0 Å². The number of benzene rings is 1. The monoisotopic (exact) mass is 303 g/mol. The lowest BCUT2D eigenvalue weighted by atomic mass is 10.1. The fraction of sp³-hybridized carbons (Fsp3) is 0.571. The Bertz CT molecular complexity index is 526. The average molecular weight is 304 g/mol. The Morgan fingerprint density at radius 1 is 1.21 bits per heavy atom. The minimum atomic E-state index is -3.43. The molecule has 108 valence electrons. The van der Waals surface area contributed by atoms with Crippen molar-refractivity contribution in [3.63, 3.8) is 0 Å². The Morgan fingerprint density at radius 2 is 1.84 bits per heavy atom. The van der Waals surface area contributed by atoms with Crippen LogP contribution in [0.4, 0.5) is 0 Å². The highest BCUT2D eigenvalue weighted by Gasteiger charge is 2.25. The van der Waals surface area contributed by atoms with E-state index in [1.165, 1.54) is 4.31 Å². The maximum absolute atomic E-state index is 12.6. The van der Waals surface area contributed by atoms with E-state index in [2.05, 4.69) is 0 Å². The molecule has 0 aliphatic carbocycles. The molecule has 0 atom stereocenters. The second-order valence-electron chi connectivity index (χ2n) is 4.72. The van der Waals surface area contributed by atoms with Crippen LogP contribution >= 0.6 is 11.6 Å². The van der Waals surface area contributed by atoms with Crippen molar-refractivity contribution in [2.45, 2.75) is 50.9 Å². The molecule has 5 heteroatoms. The molecule has 1 rings (SSSR count). The summed E-state index contributed by atoms with van der Waals surface area (Å²) in [6.45, 7) is 8.10. The van der Waals surface area contributed by atoms with Crippen molar-refractivity contribution in [2.75, 3.05) is 6.54 Å². The summed E-state index contributed by atoms with van der Waals surface area (Å²) < 4.78 is 26.6. The van der Waals surface area contributed by atoms with Crippen molar-refractivity contribution in [1.29, 1.82) is 0 Å². The van der Waals surface area contributed by atoms with Gasteiger partial charge in [-0.3, -0.25) is 0 Å². The number of alkyl halides is 1. The minimum absolute atomic E-state index is 0.0553. The summed E-state index contributed by atoms with van der Waals surface area (Å²) in [4.78, 5) is 0.330. The number of nitrogens with zero attached hydrogens (tertiary/aromatic N) is 1. The highest BCUT2D eigenvalue weighted by atomic mass is 35.5. The molecular weight excluding hydrogens is 282 g/mol. The molecule has 0 aliphatic heterocycles. The summed E-state index contributed by atoms with van der Waals surface area (Å²) in [5, 5.41) is 0. The molecule has 0 fully saturated rings. The van der Waals surface area contributed by atoms with E-state index in [4.69, 9.17) is 11.6 Å². The first-order valence-corrected chi connectivity index (χ1v) is 8.55. The molecule has 0 aromatic heterocycles. The first-order valence-electron chi connectivity index (χ1n) is 6.58. The summed E-state index contributed by atoms with van der Waals surface area (Å²) in [6, 6.07) is 5.18. The second-order valence-corrected chi connectivity index (χ2v) is 6.88. The summed E-state index contributed by atoms with van der Waals surface area (Å²) in [6.07, 6.45) is 0.851. The Hall–Kier alpha value is -0.580. The topological polar surface area (TPSA) is 37.4 Å². The summed E-state index contributed by atoms with van der Waals surface area (Å²) in [7, 11) is -3.43. The van der Waals surface area contributed by atoms with E-state index in [1.54, 1.807) is 12.1 Å². The molecule has 0 N–H and O–H groups in total. The molecule has 0 unspecified atom stereocenters. The normalized spacial score (nSPS) is 12.4. The van der Waals surface area contributed by atoms with Crippen LogP contribution in [-0.2, 0) is 22.3 Å². The van der Waals surface area contributed by atoms with Crippen LogP contribution in [0.1, 0.15) is 38.8 Å². The maximum Gasteiger partial charge on any atom is 0.243 e. The summed E-state index contributed by atoms with van der Waals surface area (Å²) in [5.74, 6) is 0.334. The van der Waals surface area contributed by atoms with E-state index >= 15 is 0 Å². The lowest BCUT2D eigenvalue weighted by Crippen LogP contribution is -2.36. The SMILES string of the molecule is CCc1ccc(S(=O)(=O)N(CC)C(C)C)cc1CCl. The molecule has 0 saturated carbocycles. The van der Waals surface area contributed by atoms with Gasteiger partial charge in [0.15, 0.2) is 0 Å². The van der Waals surface area contributed by atoms with Crippen LogP contribution in [0.25, 0.3) is 0 Å². The molecule has 1 aromatic rings. The smallest absolute Gasteiger partial charge is 0.207 e. The number of halogens is 1. The molecule has 0 radical (unpaired) electrons. The number of aryl methyl sites for hydroxylation is 1. The average Bonchev–Trinajstić information content (AvgIpc) is 2.37. The van der Waals surface area contributed by atoms with E-state index in [0.717, 1.165) is 17.5 Å². The van der Waals surface area contributed by atoms with Gasteiger partial charge in [0.1, 0.15) is 0 Å². The lowest BCUT2D eigenvalue weighted by molar-refractivity contribution is 0.369. The van der Waals surface area contributed by atoms with Crippen molar-refractivity contribution < 1.29 is 8.42 Å². The zero-order valence-electron chi connectivity index (χ0n) is 12.0. The van der Waals surface area contributed by atoms with Gasteiger partial charge < -0.3 is 0 Å². The van der Waals surface area contributed by atoms with Crippen molar-refractivity contribution in [1.82, 2.24) is 4.31 Å². The van der Waals surface area contributed by atoms with Gasteiger partial charge in [0, 0.05) is 18.5 Å². The van der Waals surface area contributed by atoms with Gasteiger partial charge in [-0.05, 0) is 43.5 Å². The van der Waals surface area contributed by atoms with Crippen LogP contribution in [-0.4, -0.2) is 25.3 Å². The van der Waals surface area contributed by atoms with Crippen molar-refractivity contribution in [3.05, 3.63) is 29.3 Å². The van der Waals surface area contributed by atoms with Gasteiger partial charge >= 0.3 is 0 Å². The van der Waals surface area contributed by atoms with E-state index in [-0.39, 0.29) is 6.04 Å². The number of sulfonamides is 1. The predicted molar refractivity (Wildman–Crippen MR) is 80.1 cm³/mol. The highest BCUT2D eigenvalue weighted by molar-refractivity contribution is 7.89. The van der Waals surface area contributed by atoms with Gasteiger partial charge in [0.25, 0.3) is 0 Å². The molecule has 0 spiro atoms. The van der Waals surface area contributed by atoms with E-state index < -0.39 is 10.0 Å². The minimum Gasteiger partial charge on any atom is -0.207 e. The Morgan fingerprint density at radius 3 is 2.26 bits per heavy atom. The van der Waals surface area contributed by atoms with Crippen molar-refractivity contribution in [2.24, 2.45) is 0 Å². The zero-order chi connectivity index (χ0) is 14.6. The Balaban J connectivity index is 3.29. The molecular formula is C14H22ClNO2S. The predicted octanol–water partition coefficient (Wildman–Crippen LogP) is 3.41.